The van der Waals surface area contributed by atoms with Crippen LogP contribution in [0.4, 0.5) is 0 Å². The van der Waals surface area contributed by atoms with Crippen LogP contribution >= 0.6 is 27.3 Å². The fraction of sp³-hybridized carbons (Fsp3) is 0.615. The number of nitrogens with one attached hydrogen (secondary N) is 1. The molecule has 0 saturated heterocycles. The Morgan fingerprint density at radius 2 is 2.22 bits per heavy atom. The number of methoxy groups -OCH3 is 1. The Morgan fingerprint density at radius 1 is 1.50 bits per heavy atom. The van der Waals surface area contributed by atoms with Gasteiger partial charge in [0, 0.05) is 22.8 Å². The van der Waals surface area contributed by atoms with Crippen LogP contribution in [0.25, 0.3) is 0 Å². The van der Waals surface area contributed by atoms with Gasteiger partial charge in [0.25, 0.3) is 5.91 Å². The molecule has 1 aromatic heterocycles. The summed E-state index contributed by atoms with van der Waals surface area (Å²) in [4.78, 5) is 13.3. The minimum Gasteiger partial charge on any atom is -0.496 e. The summed E-state index contributed by atoms with van der Waals surface area (Å²) < 4.78 is 5.08. The molecule has 0 bridgehead atoms. The number of ether oxygens (including phenoxy) is 1. The first-order valence-corrected chi connectivity index (χ1v) is 8.03. The number of alkyl halides is 1. The van der Waals surface area contributed by atoms with Crippen LogP contribution in [-0.4, -0.2) is 24.4 Å². The van der Waals surface area contributed by atoms with Crippen LogP contribution in [0.5, 0.6) is 5.75 Å². The average Bonchev–Trinajstić information content (AvgIpc) is 2.86. The van der Waals surface area contributed by atoms with E-state index in [9.17, 15) is 4.79 Å². The van der Waals surface area contributed by atoms with E-state index >= 15 is 0 Å². The lowest BCUT2D eigenvalue weighted by Crippen LogP contribution is -2.30. The molecule has 0 atom stereocenters. The van der Waals surface area contributed by atoms with E-state index in [0.29, 0.717) is 10.7 Å². The lowest BCUT2D eigenvalue weighted by Gasteiger charge is -2.25. The first-order valence-electron chi connectivity index (χ1n) is 6.24. The smallest absolute Gasteiger partial charge is 0.261 e. The van der Waals surface area contributed by atoms with Gasteiger partial charge in [-0.05, 0) is 31.6 Å². The SMILES string of the molecule is COc1csc(C(=O)NCC2CCC(Br)CC2)c1. The highest BCUT2D eigenvalue weighted by Gasteiger charge is 2.20. The van der Waals surface area contributed by atoms with Gasteiger partial charge in [0.1, 0.15) is 5.75 Å². The predicted molar refractivity (Wildman–Crippen MR) is 77.9 cm³/mol. The third-order valence-corrected chi connectivity index (χ3v) is 5.19. The second-order valence-electron chi connectivity index (χ2n) is 4.68. The summed E-state index contributed by atoms with van der Waals surface area (Å²) in [5.41, 5.74) is 0. The van der Waals surface area contributed by atoms with E-state index in [-0.39, 0.29) is 5.91 Å². The van der Waals surface area contributed by atoms with Crippen LogP contribution < -0.4 is 10.1 Å². The number of hydrogen-bond acceptors (Lipinski definition) is 3. The molecule has 100 valence electrons. The molecule has 2 rings (SSSR count). The molecule has 1 fully saturated rings. The van der Waals surface area contributed by atoms with E-state index in [1.54, 1.807) is 13.2 Å². The maximum atomic E-state index is 11.9. The summed E-state index contributed by atoms with van der Waals surface area (Å²) in [6.07, 6.45) is 4.83. The lowest BCUT2D eigenvalue weighted by atomic mass is 9.89. The molecule has 0 aromatic carbocycles. The van der Waals surface area contributed by atoms with Crippen LogP contribution in [0.15, 0.2) is 11.4 Å². The maximum Gasteiger partial charge on any atom is 0.261 e. The third kappa shape index (κ3) is 3.72. The van der Waals surface area contributed by atoms with Gasteiger partial charge >= 0.3 is 0 Å². The summed E-state index contributed by atoms with van der Waals surface area (Å²) in [5, 5.41) is 4.87. The lowest BCUT2D eigenvalue weighted by molar-refractivity contribution is 0.0947. The monoisotopic (exact) mass is 331 g/mol. The number of carbonyl (C=O) groups excluding carboxylic acids is 1. The molecule has 3 nitrogen and oxygen atoms in total. The largest absolute Gasteiger partial charge is 0.496 e. The Hall–Kier alpha value is -0.550. The van der Waals surface area contributed by atoms with Crippen molar-refractivity contribution >= 4 is 33.2 Å². The zero-order valence-electron chi connectivity index (χ0n) is 10.4. The Bertz CT molecular complexity index is 399. The maximum absolute atomic E-state index is 11.9. The normalized spacial score (nSPS) is 23.7. The van der Waals surface area contributed by atoms with Gasteiger partial charge in [0.15, 0.2) is 0 Å². The van der Waals surface area contributed by atoms with Crippen LogP contribution in [0, 0.1) is 5.92 Å². The first-order chi connectivity index (χ1) is 8.69. The Labute approximate surface area is 120 Å². The Morgan fingerprint density at radius 3 is 2.83 bits per heavy atom. The van der Waals surface area contributed by atoms with Crippen molar-refractivity contribution in [3.05, 3.63) is 16.3 Å². The minimum atomic E-state index is 0.0178. The zero-order chi connectivity index (χ0) is 13.0. The molecule has 1 aromatic rings. The summed E-state index contributed by atoms with van der Waals surface area (Å²) in [7, 11) is 1.61. The van der Waals surface area contributed by atoms with Crippen molar-refractivity contribution in [1.82, 2.24) is 5.32 Å². The fourth-order valence-electron chi connectivity index (χ4n) is 2.19. The number of thiophene rings is 1. The van der Waals surface area contributed by atoms with Crippen molar-refractivity contribution in [3.8, 4) is 5.75 Å². The summed E-state index contributed by atoms with van der Waals surface area (Å²) in [5.74, 6) is 1.40. The van der Waals surface area contributed by atoms with Gasteiger partial charge in [0.05, 0.1) is 12.0 Å². The van der Waals surface area contributed by atoms with Gasteiger partial charge in [-0.3, -0.25) is 4.79 Å². The molecule has 0 unspecified atom stereocenters. The number of amides is 1. The highest BCUT2D eigenvalue weighted by atomic mass is 79.9. The second-order valence-corrected chi connectivity index (χ2v) is 6.89. The summed E-state index contributed by atoms with van der Waals surface area (Å²) in [6, 6.07) is 1.79. The van der Waals surface area contributed by atoms with E-state index in [2.05, 4.69) is 21.2 Å². The highest BCUT2D eigenvalue weighted by molar-refractivity contribution is 9.09. The van der Waals surface area contributed by atoms with E-state index in [1.807, 2.05) is 5.38 Å². The quantitative estimate of drug-likeness (QED) is 0.858. The van der Waals surface area contributed by atoms with Gasteiger partial charge in [-0.15, -0.1) is 11.3 Å². The number of halogens is 1. The molecule has 18 heavy (non-hydrogen) atoms. The van der Waals surface area contributed by atoms with Gasteiger partial charge in [-0.25, -0.2) is 0 Å². The molecule has 5 heteroatoms. The second kappa shape index (κ2) is 6.57. The van der Waals surface area contributed by atoms with Crippen LogP contribution in [0.2, 0.25) is 0 Å². The van der Waals surface area contributed by atoms with Crippen LogP contribution in [0.1, 0.15) is 35.4 Å². The highest BCUT2D eigenvalue weighted by Crippen LogP contribution is 2.28. The molecule has 1 aliphatic rings. The van der Waals surface area contributed by atoms with Crippen molar-refractivity contribution in [2.45, 2.75) is 30.5 Å². The molecule has 1 N–H and O–H groups in total. The fourth-order valence-corrected chi connectivity index (χ4v) is 3.49. The van der Waals surface area contributed by atoms with Crippen molar-refractivity contribution in [1.29, 1.82) is 0 Å². The molecule has 0 radical (unpaired) electrons. The van der Waals surface area contributed by atoms with Crippen molar-refractivity contribution < 1.29 is 9.53 Å². The van der Waals surface area contributed by atoms with Gasteiger partial charge in [0.2, 0.25) is 0 Å². The molecule has 1 aliphatic carbocycles. The third-order valence-electron chi connectivity index (χ3n) is 3.36. The molecule has 0 aliphatic heterocycles. The molecule has 1 amide bonds. The first kappa shape index (κ1) is 13.9. The molecule has 1 saturated carbocycles. The summed E-state index contributed by atoms with van der Waals surface area (Å²) >= 11 is 5.07. The van der Waals surface area contributed by atoms with Crippen molar-refractivity contribution in [2.75, 3.05) is 13.7 Å². The summed E-state index contributed by atoms with van der Waals surface area (Å²) in [6.45, 7) is 0.790. The number of hydrogen-bond donors (Lipinski definition) is 1. The molecule has 0 spiro atoms. The van der Waals surface area contributed by atoms with Gasteiger partial charge < -0.3 is 10.1 Å². The molecule has 1 heterocycles. The van der Waals surface area contributed by atoms with Gasteiger partial charge in [-0.2, -0.15) is 0 Å². The predicted octanol–water partition coefficient (Wildman–Crippen LogP) is 3.44. The van der Waals surface area contributed by atoms with E-state index < -0.39 is 0 Å². The van der Waals surface area contributed by atoms with E-state index in [1.165, 1.54) is 37.0 Å². The number of rotatable bonds is 4. The topological polar surface area (TPSA) is 38.3 Å². The van der Waals surface area contributed by atoms with Gasteiger partial charge in [-0.1, -0.05) is 15.9 Å². The van der Waals surface area contributed by atoms with E-state index in [0.717, 1.165) is 17.2 Å². The molecular formula is C13H18BrNO2S. The molecular weight excluding hydrogens is 314 g/mol. The van der Waals surface area contributed by atoms with Crippen molar-refractivity contribution in [3.63, 3.8) is 0 Å². The standard InChI is InChI=1S/C13H18BrNO2S/c1-17-11-6-12(18-8-11)13(16)15-7-9-2-4-10(14)5-3-9/h6,8-10H,2-5,7H2,1H3,(H,15,16). The Balaban J connectivity index is 1.77. The minimum absolute atomic E-state index is 0.0178. The van der Waals surface area contributed by atoms with Crippen LogP contribution in [-0.2, 0) is 0 Å². The zero-order valence-corrected chi connectivity index (χ0v) is 12.9. The number of carbonyl (C=O) groups is 1. The average molecular weight is 332 g/mol. The van der Waals surface area contributed by atoms with E-state index in [4.69, 9.17) is 4.74 Å². The van der Waals surface area contributed by atoms with Crippen LogP contribution in [0.3, 0.4) is 0 Å². The van der Waals surface area contributed by atoms with Crippen molar-refractivity contribution in [2.24, 2.45) is 5.92 Å². The Kier molecular flexibility index (Phi) is 5.06.